The molecule has 1 fully saturated rings. The van der Waals surface area contributed by atoms with Gasteiger partial charge < -0.3 is 19.5 Å². The van der Waals surface area contributed by atoms with Gasteiger partial charge in [-0.3, -0.25) is 4.79 Å². The van der Waals surface area contributed by atoms with E-state index < -0.39 is 5.97 Å². The van der Waals surface area contributed by atoms with E-state index in [9.17, 15) is 9.59 Å². The predicted octanol–water partition coefficient (Wildman–Crippen LogP) is 3.01. The van der Waals surface area contributed by atoms with Gasteiger partial charge in [-0.25, -0.2) is 4.79 Å². The van der Waals surface area contributed by atoms with E-state index in [1.807, 2.05) is 24.3 Å². The maximum Gasteiger partial charge on any atom is 0.343 e. The van der Waals surface area contributed by atoms with Crippen molar-refractivity contribution in [1.29, 1.82) is 0 Å². The van der Waals surface area contributed by atoms with E-state index >= 15 is 0 Å². The van der Waals surface area contributed by atoms with Crippen LogP contribution in [-0.4, -0.2) is 37.7 Å². The van der Waals surface area contributed by atoms with Crippen LogP contribution < -0.4 is 10.1 Å². The van der Waals surface area contributed by atoms with Gasteiger partial charge in [0, 0.05) is 18.5 Å². The van der Waals surface area contributed by atoms with E-state index in [0.29, 0.717) is 12.2 Å². The Bertz CT molecular complexity index is 637. The van der Waals surface area contributed by atoms with Crippen LogP contribution in [0.3, 0.4) is 0 Å². The first-order chi connectivity index (χ1) is 12.2. The maximum absolute atomic E-state index is 11.6. The number of amides is 1. The molecule has 1 heterocycles. The Morgan fingerprint density at radius 3 is 2.54 bits per heavy atom. The summed E-state index contributed by atoms with van der Waals surface area (Å²) in [5, 5.41) is 3.03. The molecule has 0 saturated carbocycles. The van der Waals surface area contributed by atoms with Gasteiger partial charge in [0.05, 0.1) is 19.3 Å². The van der Waals surface area contributed by atoms with Gasteiger partial charge in [0.25, 0.3) is 0 Å². The quantitative estimate of drug-likeness (QED) is 0.814. The van der Waals surface area contributed by atoms with Crippen LogP contribution in [-0.2, 0) is 19.1 Å². The van der Waals surface area contributed by atoms with Crippen LogP contribution in [0.1, 0.15) is 52.2 Å². The van der Waals surface area contributed by atoms with Crippen molar-refractivity contribution in [2.45, 2.75) is 58.8 Å². The molecule has 0 aromatic heterocycles. The molecule has 1 amide bonds. The van der Waals surface area contributed by atoms with Crippen LogP contribution in [0.25, 0.3) is 0 Å². The molecule has 144 valence electrons. The number of hydrogen-bond acceptors (Lipinski definition) is 5. The molecule has 6 heteroatoms. The standard InChI is InChI=1S/C20H29NO5/c1-13(22)21-14-10-17(26-18(11-14)20(2,3)4)15-8-6-7-9-16(15)25-12-19(23)24-5/h6-9,14,17-18H,10-12H2,1-5H3,(H,21,22)/t14-,17-,18+/m0/s1. The van der Waals surface area contributed by atoms with E-state index in [1.165, 1.54) is 14.0 Å². The third kappa shape index (κ3) is 5.46. The summed E-state index contributed by atoms with van der Waals surface area (Å²) in [4.78, 5) is 23.0. The molecule has 1 aromatic rings. The Kier molecular flexibility index (Phi) is 6.64. The van der Waals surface area contributed by atoms with Crippen molar-refractivity contribution in [3.63, 3.8) is 0 Å². The Balaban J connectivity index is 2.24. The van der Waals surface area contributed by atoms with Crippen molar-refractivity contribution in [3.05, 3.63) is 29.8 Å². The molecule has 0 aliphatic carbocycles. The third-order valence-electron chi connectivity index (χ3n) is 4.54. The summed E-state index contributed by atoms with van der Waals surface area (Å²) in [6.07, 6.45) is 1.20. The second-order valence-corrected chi connectivity index (χ2v) is 7.75. The molecule has 6 nitrogen and oxygen atoms in total. The van der Waals surface area contributed by atoms with Crippen molar-refractivity contribution in [2.24, 2.45) is 5.41 Å². The number of rotatable bonds is 5. The molecule has 3 atom stereocenters. The summed E-state index contributed by atoms with van der Waals surface area (Å²) >= 11 is 0. The van der Waals surface area contributed by atoms with Gasteiger partial charge in [-0.15, -0.1) is 0 Å². The van der Waals surface area contributed by atoms with Gasteiger partial charge in [0.15, 0.2) is 6.61 Å². The number of methoxy groups -OCH3 is 1. The molecule has 1 aliphatic heterocycles. The van der Waals surface area contributed by atoms with Gasteiger partial charge in [0.2, 0.25) is 5.91 Å². The first-order valence-electron chi connectivity index (χ1n) is 8.91. The monoisotopic (exact) mass is 363 g/mol. The highest BCUT2D eigenvalue weighted by atomic mass is 16.6. The van der Waals surface area contributed by atoms with Gasteiger partial charge in [-0.1, -0.05) is 39.0 Å². The highest BCUT2D eigenvalue weighted by molar-refractivity contribution is 5.73. The number of para-hydroxylation sites is 1. The lowest BCUT2D eigenvalue weighted by molar-refractivity contribution is -0.143. The average Bonchev–Trinajstić information content (AvgIpc) is 2.58. The average molecular weight is 363 g/mol. The van der Waals surface area contributed by atoms with Gasteiger partial charge in [-0.2, -0.15) is 0 Å². The number of carbonyl (C=O) groups is 2. The SMILES string of the molecule is COC(=O)COc1ccccc1[C@@H]1C[C@H](NC(C)=O)C[C@H](C(C)(C)C)O1. The summed E-state index contributed by atoms with van der Waals surface area (Å²) in [5.74, 6) is 0.116. The van der Waals surface area contributed by atoms with Crippen LogP contribution in [0, 0.1) is 5.41 Å². The number of hydrogen-bond donors (Lipinski definition) is 1. The molecular formula is C20H29NO5. The Hall–Kier alpha value is -2.08. The van der Waals surface area contributed by atoms with Crippen LogP contribution >= 0.6 is 0 Å². The molecule has 0 radical (unpaired) electrons. The lowest BCUT2D eigenvalue weighted by Crippen LogP contribution is -2.46. The normalized spacial score (nSPS) is 23.2. The van der Waals surface area contributed by atoms with Crippen molar-refractivity contribution in [1.82, 2.24) is 5.32 Å². The van der Waals surface area contributed by atoms with E-state index in [1.54, 1.807) is 0 Å². The van der Waals surface area contributed by atoms with Crippen molar-refractivity contribution in [3.8, 4) is 5.75 Å². The summed E-state index contributed by atoms with van der Waals surface area (Å²) in [7, 11) is 1.33. The lowest BCUT2D eigenvalue weighted by Gasteiger charge is -2.42. The minimum atomic E-state index is -0.437. The second kappa shape index (κ2) is 8.54. The molecular weight excluding hydrogens is 334 g/mol. The smallest absolute Gasteiger partial charge is 0.343 e. The highest BCUT2D eigenvalue weighted by Crippen LogP contribution is 2.41. The maximum atomic E-state index is 11.6. The molecule has 0 unspecified atom stereocenters. The van der Waals surface area contributed by atoms with Crippen LogP contribution in [0.5, 0.6) is 5.75 Å². The third-order valence-corrected chi connectivity index (χ3v) is 4.54. The number of benzene rings is 1. The van der Waals surface area contributed by atoms with Crippen LogP contribution in [0.2, 0.25) is 0 Å². The molecule has 2 rings (SSSR count). The lowest BCUT2D eigenvalue weighted by atomic mass is 9.81. The van der Waals surface area contributed by atoms with Gasteiger partial charge >= 0.3 is 5.97 Å². The molecule has 1 N–H and O–H groups in total. The van der Waals surface area contributed by atoms with Crippen molar-refractivity contribution in [2.75, 3.05) is 13.7 Å². The molecule has 0 bridgehead atoms. The summed E-state index contributed by atoms with van der Waals surface area (Å²) < 4.78 is 16.7. The first kappa shape index (κ1) is 20.2. The molecule has 1 saturated heterocycles. The number of ether oxygens (including phenoxy) is 3. The minimum Gasteiger partial charge on any atom is -0.482 e. The Morgan fingerprint density at radius 2 is 1.92 bits per heavy atom. The highest BCUT2D eigenvalue weighted by Gasteiger charge is 2.37. The second-order valence-electron chi connectivity index (χ2n) is 7.75. The largest absolute Gasteiger partial charge is 0.482 e. The fourth-order valence-corrected chi connectivity index (χ4v) is 3.16. The van der Waals surface area contributed by atoms with Crippen LogP contribution in [0.4, 0.5) is 0 Å². The predicted molar refractivity (Wildman–Crippen MR) is 97.9 cm³/mol. The number of esters is 1. The zero-order chi connectivity index (χ0) is 19.3. The fourth-order valence-electron chi connectivity index (χ4n) is 3.16. The Labute approximate surface area is 155 Å². The zero-order valence-electron chi connectivity index (χ0n) is 16.2. The Morgan fingerprint density at radius 1 is 1.23 bits per heavy atom. The summed E-state index contributed by atoms with van der Waals surface area (Å²) in [6, 6.07) is 7.55. The van der Waals surface area contributed by atoms with E-state index in [0.717, 1.165) is 12.0 Å². The first-order valence-corrected chi connectivity index (χ1v) is 8.91. The summed E-state index contributed by atoms with van der Waals surface area (Å²) in [6.45, 7) is 7.77. The number of nitrogens with one attached hydrogen (secondary N) is 1. The fraction of sp³-hybridized carbons (Fsp3) is 0.600. The summed E-state index contributed by atoms with van der Waals surface area (Å²) in [5.41, 5.74) is 0.817. The minimum absolute atomic E-state index is 0.00763. The van der Waals surface area contributed by atoms with Gasteiger partial charge in [-0.05, 0) is 24.3 Å². The number of carbonyl (C=O) groups excluding carboxylic acids is 2. The van der Waals surface area contributed by atoms with E-state index in [-0.39, 0.29) is 36.2 Å². The van der Waals surface area contributed by atoms with Crippen LogP contribution in [0.15, 0.2) is 24.3 Å². The zero-order valence-corrected chi connectivity index (χ0v) is 16.2. The van der Waals surface area contributed by atoms with E-state index in [2.05, 4.69) is 30.8 Å². The molecule has 1 aliphatic rings. The molecule has 26 heavy (non-hydrogen) atoms. The molecule has 0 spiro atoms. The van der Waals surface area contributed by atoms with E-state index in [4.69, 9.17) is 9.47 Å². The van der Waals surface area contributed by atoms with Gasteiger partial charge in [0.1, 0.15) is 5.75 Å². The topological polar surface area (TPSA) is 73.9 Å². The van der Waals surface area contributed by atoms with Crippen molar-refractivity contribution < 1.29 is 23.8 Å². The molecule has 1 aromatic carbocycles. The van der Waals surface area contributed by atoms with Crippen molar-refractivity contribution >= 4 is 11.9 Å².